The van der Waals surface area contributed by atoms with E-state index in [1.165, 1.54) is 13.1 Å². The van der Waals surface area contributed by atoms with E-state index in [-0.39, 0.29) is 97.3 Å². The summed E-state index contributed by atoms with van der Waals surface area (Å²) in [7, 11) is -10.8. The van der Waals surface area contributed by atoms with E-state index in [2.05, 4.69) is 29.6 Å². The molecule has 7 rings (SSSR count). The SMILES string of the molecule is [C-]#[N+]/C(C#N)=c1/c2c(/c(=C(\C#N)[N+]#[C-])c3c1-c1ncc(-c4cc(F)c(C)c(F)c4)nc1C3)-c1ncc(-c3cc(F)c(S(F)(F)(F)(F)F)c(F)c3)nc1C2. The number of hydrogen-bond donors (Lipinski definition) is 0. The lowest BCUT2D eigenvalue weighted by molar-refractivity contribution is 0.345. The number of rotatable bonds is 3. The molecular weight excluding hydrogens is 735 g/mol. The van der Waals surface area contributed by atoms with Crippen LogP contribution in [0.1, 0.15) is 28.1 Å². The van der Waals surface area contributed by atoms with Crippen molar-refractivity contribution in [1.29, 1.82) is 10.5 Å². The van der Waals surface area contributed by atoms with Crippen LogP contribution in [0.5, 0.6) is 0 Å². The lowest BCUT2D eigenvalue weighted by atomic mass is 9.92. The highest BCUT2D eigenvalue weighted by Crippen LogP contribution is 3.02. The summed E-state index contributed by atoms with van der Waals surface area (Å²) in [5.74, 6) is -6.83. The van der Waals surface area contributed by atoms with E-state index < -0.39 is 61.0 Å². The minimum absolute atomic E-state index is 0.00502. The van der Waals surface area contributed by atoms with Crippen LogP contribution in [0.4, 0.5) is 37.0 Å². The van der Waals surface area contributed by atoms with Gasteiger partial charge in [-0.25, -0.2) is 47.7 Å². The minimum Gasteiger partial charge on any atom is -0.252 e. The fraction of sp³-hybridized carbons (Fsp3) is 0.0857. The average Bonchev–Trinajstić information content (AvgIpc) is 3.65. The predicted molar refractivity (Wildman–Crippen MR) is 171 cm³/mol. The Hall–Kier alpha value is -6.76. The molecule has 0 saturated heterocycles. The van der Waals surface area contributed by atoms with Crippen molar-refractivity contribution in [2.75, 3.05) is 0 Å². The molecule has 0 spiro atoms. The number of aromatic nitrogens is 4. The number of fused-ring (bicyclic) bond motifs is 6. The van der Waals surface area contributed by atoms with Crippen LogP contribution in [0.25, 0.3) is 66.1 Å². The van der Waals surface area contributed by atoms with Crippen LogP contribution in [-0.2, 0) is 12.8 Å². The summed E-state index contributed by atoms with van der Waals surface area (Å²) in [5.41, 5.74) is -1.19. The minimum atomic E-state index is -10.8. The maximum atomic E-state index is 14.5. The normalized spacial score (nSPS) is 14.9. The van der Waals surface area contributed by atoms with Gasteiger partial charge in [-0.2, -0.15) is 0 Å². The Morgan fingerprint density at radius 2 is 1.06 bits per heavy atom. The van der Waals surface area contributed by atoms with Gasteiger partial charge in [0, 0.05) is 51.1 Å². The number of nitrogens with zero attached hydrogens (tertiary/aromatic N) is 8. The van der Waals surface area contributed by atoms with E-state index in [1.807, 2.05) is 12.1 Å². The van der Waals surface area contributed by atoms with Gasteiger partial charge < -0.3 is 0 Å². The topological polar surface area (TPSA) is 108 Å². The third-order valence-corrected chi connectivity index (χ3v) is 9.89. The highest BCUT2D eigenvalue weighted by molar-refractivity contribution is 8.45. The van der Waals surface area contributed by atoms with E-state index in [1.54, 1.807) is 0 Å². The number of halogens is 9. The summed E-state index contributed by atoms with van der Waals surface area (Å²) in [6.45, 7) is 16.8. The zero-order valence-corrected chi connectivity index (χ0v) is 27.1. The Kier molecular flexibility index (Phi) is 7.11. The Morgan fingerprint density at radius 1 is 0.679 bits per heavy atom. The van der Waals surface area contributed by atoms with Crippen LogP contribution >= 0.6 is 10.2 Å². The molecule has 0 unspecified atom stereocenters. The second kappa shape index (κ2) is 10.9. The maximum Gasteiger partial charge on any atom is 0.315 e. The van der Waals surface area contributed by atoms with Gasteiger partial charge in [-0.05, 0) is 42.3 Å². The van der Waals surface area contributed by atoms with Crippen molar-refractivity contribution in [2.45, 2.75) is 24.7 Å². The van der Waals surface area contributed by atoms with Crippen LogP contribution in [0, 0.1) is 66.0 Å². The van der Waals surface area contributed by atoms with E-state index in [0.29, 0.717) is 0 Å². The first kappa shape index (κ1) is 34.7. The summed E-state index contributed by atoms with van der Waals surface area (Å²) in [4.78, 5) is 21.0. The quantitative estimate of drug-likeness (QED) is 0.133. The van der Waals surface area contributed by atoms with Crippen molar-refractivity contribution < 1.29 is 37.0 Å². The molecule has 53 heavy (non-hydrogen) atoms. The van der Waals surface area contributed by atoms with Crippen LogP contribution in [-0.4, -0.2) is 19.9 Å². The second-order valence-corrected chi connectivity index (χ2v) is 14.2. The molecule has 5 aromatic rings. The van der Waals surface area contributed by atoms with Crippen molar-refractivity contribution in [3.05, 3.63) is 121 Å². The monoisotopic (exact) mass is 748 g/mol. The molecule has 0 aliphatic heterocycles. The van der Waals surface area contributed by atoms with E-state index in [9.17, 15) is 47.5 Å². The molecule has 18 heteroatoms. The van der Waals surface area contributed by atoms with Crippen molar-refractivity contribution in [2.24, 2.45) is 0 Å². The van der Waals surface area contributed by atoms with Gasteiger partial charge >= 0.3 is 10.2 Å². The third kappa shape index (κ3) is 5.39. The summed E-state index contributed by atoms with van der Waals surface area (Å²) in [6, 6.07) is 5.83. The molecule has 0 radical (unpaired) electrons. The van der Waals surface area contributed by atoms with Crippen molar-refractivity contribution >= 4 is 21.6 Å². The van der Waals surface area contributed by atoms with E-state index in [0.717, 1.165) is 18.3 Å². The smallest absolute Gasteiger partial charge is 0.252 e. The van der Waals surface area contributed by atoms with Gasteiger partial charge in [-0.3, -0.25) is 9.97 Å². The fourth-order valence-corrected chi connectivity index (χ4v) is 7.38. The zero-order chi connectivity index (χ0) is 38.4. The molecule has 262 valence electrons. The van der Waals surface area contributed by atoms with Crippen LogP contribution in [0.15, 0.2) is 41.6 Å². The molecule has 0 atom stereocenters. The molecular formula is C35H13F9N8S. The summed E-state index contributed by atoms with van der Waals surface area (Å²) >= 11 is 0. The fourth-order valence-electron chi connectivity index (χ4n) is 6.53. The first-order valence-corrected chi connectivity index (χ1v) is 16.7. The molecule has 0 fully saturated rings. The standard InChI is InChI=1S/C35H13F9N8S/c1-14-19(36)4-15(5-20(14)37)27-12-49-33-23(51-27)8-17-29(25(10-45)47-2)32-18(30(31(17)33)26(11-46)48-3)9-24-34(32)50-13-28(52-24)16-6-21(38)35(22(39)7-16)53(40,41,42,43)44/h4-7,12-13H,8-9H2,1H3/b29-25+,30-26-. The van der Waals surface area contributed by atoms with Crippen molar-refractivity contribution in [1.82, 2.24) is 19.9 Å². The molecule has 2 aliphatic rings. The lowest BCUT2D eigenvalue weighted by Crippen LogP contribution is -2.26. The van der Waals surface area contributed by atoms with Gasteiger partial charge in [0.05, 0.1) is 71.8 Å². The molecule has 0 bridgehead atoms. The molecule has 0 saturated carbocycles. The molecule has 3 aromatic carbocycles. The highest BCUT2D eigenvalue weighted by atomic mass is 32.5. The first-order valence-electron chi connectivity index (χ1n) is 14.7. The van der Waals surface area contributed by atoms with Gasteiger partial charge in [0.2, 0.25) is 0 Å². The second-order valence-electron chi connectivity index (χ2n) is 11.9. The Labute approximate surface area is 291 Å². The summed E-state index contributed by atoms with van der Waals surface area (Å²) in [5, 5.41) is 20.1. The molecule has 2 heterocycles. The lowest BCUT2D eigenvalue weighted by Gasteiger charge is -2.40. The first-order chi connectivity index (χ1) is 24.8. The van der Waals surface area contributed by atoms with Gasteiger partial charge in [-0.1, -0.05) is 19.4 Å². The zero-order valence-electron chi connectivity index (χ0n) is 26.3. The summed E-state index contributed by atoms with van der Waals surface area (Å²) < 4.78 is 125. The molecule has 0 N–H and O–H groups in total. The van der Waals surface area contributed by atoms with Crippen LogP contribution in [0.2, 0.25) is 0 Å². The number of nitriles is 2. The highest BCUT2D eigenvalue weighted by Gasteiger charge is 2.69. The molecule has 8 nitrogen and oxygen atoms in total. The van der Waals surface area contributed by atoms with Crippen LogP contribution in [0.3, 0.4) is 0 Å². The van der Waals surface area contributed by atoms with Gasteiger partial charge in [0.1, 0.15) is 23.3 Å². The Morgan fingerprint density at radius 3 is 1.40 bits per heavy atom. The number of hydrogen-bond acceptors (Lipinski definition) is 6. The van der Waals surface area contributed by atoms with E-state index in [4.69, 9.17) is 13.1 Å². The van der Waals surface area contributed by atoms with Gasteiger partial charge in [0.15, 0.2) is 4.90 Å². The third-order valence-electron chi connectivity index (χ3n) is 8.72. The maximum absolute atomic E-state index is 14.5. The van der Waals surface area contributed by atoms with Crippen molar-refractivity contribution in [3.63, 3.8) is 0 Å². The van der Waals surface area contributed by atoms with Crippen LogP contribution < -0.4 is 10.4 Å². The average molecular weight is 749 g/mol. The largest absolute Gasteiger partial charge is 0.315 e. The Balaban J connectivity index is 1.48. The Bertz CT molecular complexity index is 2810. The molecule has 0 amide bonds. The number of benzene rings is 3. The predicted octanol–water partition coefficient (Wildman–Crippen LogP) is 8.37. The van der Waals surface area contributed by atoms with Gasteiger partial charge in [0.25, 0.3) is 11.4 Å². The summed E-state index contributed by atoms with van der Waals surface area (Å²) in [6.07, 6.45) is 1.66. The molecule has 2 aliphatic carbocycles. The molecule has 2 aromatic heterocycles. The van der Waals surface area contributed by atoms with E-state index >= 15 is 0 Å². The van der Waals surface area contributed by atoms with Gasteiger partial charge in [-0.15, -0.1) is 0 Å². The van der Waals surface area contributed by atoms with Crippen molar-refractivity contribution in [3.8, 4) is 57.2 Å².